The van der Waals surface area contributed by atoms with E-state index in [2.05, 4.69) is 20.7 Å². The highest BCUT2D eigenvalue weighted by atomic mass is 19.1. The molecule has 3 atom stereocenters. The van der Waals surface area contributed by atoms with Crippen LogP contribution in [0.2, 0.25) is 0 Å². The number of hydrogen-bond donors (Lipinski definition) is 2. The van der Waals surface area contributed by atoms with Crippen LogP contribution in [0.3, 0.4) is 0 Å². The monoisotopic (exact) mass is 451 g/mol. The third-order valence-electron chi connectivity index (χ3n) is 7.31. The van der Waals surface area contributed by atoms with Crippen LogP contribution in [-0.4, -0.2) is 53.9 Å². The van der Waals surface area contributed by atoms with Crippen molar-refractivity contribution in [1.82, 2.24) is 20.7 Å². The first-order valence-electron chi connectivity index (χ1n) is 11.9. The highest BCUT2D eigenvalue weighted by Crippen LogP contribution is 2.35. The fraction of sp³-hybridized carbons (Fsp3) is 0.480. The first-order valence-corrected chi connectivity index (χ1v) is 11.9. The average Bonchev–Trinajstić information content (AvgIpc) is 2.87. The topological polar surface area (TPSA) is 77.6 Å². The van der Waals surface area contributed by atoms with Gasteiger partial charge in [0.15, 0.2) is 0 Å². The van der Waals surface area contributed by atoms with E-state index in [9.17, 15) is 14.0 Å². The molecule has 3 unspecified atom stereocenters. The lowest BCUT2D eigenvalue weighted by Gasteiger charge is -2.41. The number of anilines is 1. The van der Waals surface area contributed by atoms with Crippen molar-refractivity contribution in [3.05, 3.63) is 59.5 Å². The predicted octanol–water partition coefficient (Wildman–Crippen LogP) is 2.53. The zero-order valence-electron chi connectivity index (χ0n) is 18.7. The van der Waals surface area contributed by atoms with Crippen molar-refractivity contribution in [2.75, 3.05) is 31.1 Å². The number of amides is 2. The summed E-state index contributed by atoms with van der Waals surface area (Å²) in [5, 5.41) is 0. The molecule has 2 aliphatic heterocycles. The SMILES string of the molecule is O=C1NNC(Cc2ccc(F)c(C(=O)N3CCN(c4ccccn4)CC3)c2)C2CCCCC12. The first-order chi connectivity index (χ1) is 16.1. The van der Waals surface area contributed by atoms with Crippen LogP contribution < -0.4 is 15.8 Å². The third-order valence-corrected chi connectivity index (χ3v) is 7.31. The van der Waals surface area contributed by atoms with E-state index in [1.165, 1.54) is 6.07 Å². The number of fused-ring (bicyclic) bond motifs is 1. The molecule has 3 heterocycles. The quantitative estimate of drug-likeness (QED) is 0.747. The van der Waals surface area contributed by atoms with Crippen molar-refractivity contribution in [2.24, 2.45) is 11.8 Å². The number of aromatic nitrogens is 1. The van der Waals surface area contributed by atoms with E-state index < -0.39 is 5.82 Å². The molecule has 5 rings (SSSR count). The Morgan fingerprint density at radius 1 is 1.09 bits per heavy atom. The largest absolute Gasteiger partial charge is 0.353 e. The molecule has 3 aliphatic rings. The summed E-state index contributed by atoms with van der Waals surface area (Å²) in [6.07, 6.45) is 6.56. The Morgan fingerprint density at radius 3 is 2.70 bits per heavy atom. The molecule has 174 valence electrons. The number of nitrogens with one attached hydrogen (secondary N) is 2. The van der Waals surface area contributed by atoms with Crippen LogP contribution in [-0.2, 0) is 11.2 Å². The fourth-order valence-corrected chi connectivity index (χ4v) is 5.50. The molecule has 3 fully saturated rings. The number of halogens is 1. The van der Waals surface area contributed by atoms with Gasteiger partial charge in [-0.2, -0.15) is 0 Å². The second kappa shape index (κ2) is 9.47. The predicted molar refractivity (Wildman–Crippen MR) is 123 cm³/mol. The van der Waals surface area contributed by atoms with E-state index in [0.29, 0.717) is 32.6 Å². The average molecular weight is 452 g/mol. The third kappa shape index (κ3) is 4.57. The number of pyridine rings is 1. The van der Waals surface area contributed by atoms with Gasteiger partial charge in [-0.25, -0.2) is 14.8 Å². The molecule has 0 bridgehead atoms. The Morgan fingerprint density at radius 2 is 1.91 bits per heavy atom. The number of nitrogens with zero attached hydrogens (tertiary/aromatic N) is 3. The summed E-state index contributed by atoms with van der Waals surface area (Å²) in [4.78, 5) is 33.6. The van der Waals surface area contributed by atoms with E-state index in [0.717, 1.165) is 37.1 Å². The molecular formula is C25H30FN5O2. The van der Waals surface area contributed by atoms with E-state index in [1.54, 1.807) is 23.2 Å². The van der Waals surface area contributed by atoms with Crippen LogP contribution in [0, 0.1) is 17.7 Å². The van der Waals surface area contributed by atoms with Crippen LogP contribution >= 0.6 is 0 Å². The minimum absolute atomic E-state index is 0.0435. The molecule has 2 saturated heterocycles. The van der Waals surface area contributed by atoms with Crippen LogP contribution in [0.5, 0.6) is 0 Å². The molecule has 0 radical (unpaired) electrons. The second-order valence-corrected chi connectivity index (χ2v) is 9.28. The van der Waals surface area contributed by atoms with Crippen molar-refractivity contribution in [3.63, 3.8) is 0 Å². The Balaban J connectivity index is 1.26. The van der Waals surface area contributed by atoms with E-state index in [4.69, 9.17) is 0 Å². The highest BCUT2D eigenvalue weighted by Gasteiger charge is 2.39. The molecule has 7 nitrogen and oxygen atoms in total. The first kappa shape index (κ1) is 21.8. The van der Waals surface area contributed by atoms with Crippen LogP contribution in [0.25, 0.3) is 0 Å². The van der Waals surface area contributed by atoms with Crippen molar-refractivity contribution >= 4 is 17.6 Å². The van der Waals surface area contributed by atoms with Gasteiger partial charge >= 0.3 is 0 Å². The molecule has 0 spiro atoms. The second-order valence-electron chi connectivity index (χ2n) is 9.28. The molecule has 8 heteroatoms. The fourth-order valence-electron chi connectivity index (χ4n) is 5.50. The number of hydrogen-bond acceptors (Lipinski definition) is 5. The zero-order chi connectivity index (χ0) is 22.8. The molecule has 1 aromatic heterocycles. The smallest absolute Gasteiger partial charge is 0.256 e. The molecule has 1 aromatic carbocycles. The van der Waals surface area contributed by atoms with Crippen LogP contribution in [0.15, 0.2) is 42.6 Å². The van der Waals surface area contributed by atoms with Gasteiger partial charge in [0, 0.05) is 44.3 Å². The summed E-state index contributed by atoms with van der Waals surface area (Å²) >= 11 is 0. The van der Waals surface area contributed by atoms with Crippen molar-refractivity contribution in [1.29, 1.82) is 0 Å². The Labute approximate surface area is 193 Å². The van der Waals surface area contributed by atoms with Gasteiger partial charge in [-0.1, -0.05) is 25.0 Å². The van der Waals surface area contributed by atoms with Crippen molar-refractivity contribution < 1.29 is 14.0 Å². The van der Waals surface area contributed by atoms with Crippen molar-refractivity contribution in [2.45, 2.75) is 38.1 Å². The normalized spacial score (nSPS) is 25.4. The maximum Gasteiger partial charge on any atom is 0.256 e. The van der Waals surface area contributed by atoms with Gasteiger partial charge in [0.05, 0.1) is 5.56 Å². The summed E-state index contributed by atoms with van der Waals surface area (Å²) in [6, 6.07) is 10.7. The van der Waals surface area contributed by atoms with Crippen molar-refractivity contribution in [3.8, 4) is 0 Å². The van der Waals surface area contributed by atoms with Gasteiger partial charge in [0.1, 0.15) is 11.6 Å². The summed E-state index contributed by atoms with van der Waals surface area (Å²) in [6.45, 7) is 2.38. The number of piperazine rings is 1. The lowest BCUT2D eigenvalue weighted by molar-refractivity contribution is -0.133. The summed E-state index contributed by atoms with van der Waals surface area (Å²) in [7, 11) is 0. The van der Waals surface area contributed by atoms with Gasteiger partial charge in [-0.15, -0.1) is 0 Å². The molecule has 2 aromatic rings. The lowest BCUT2D eigenvalue weighted by atomic mass is 9.72. The van der Waals surface area contributed by atoms with Gasteiger partial charge in [-0.05, 0) is 55.0 Å². The molecule has 1 aliphatic carbocycles. The molecule has 33 heavy (non-hydrogen) atoms. The minimum Gasteiger partial charge on any atom is -0.353 e. The highest BCUT2D eigenvalue weighted by molar-refractivity contribution is 5.95. The van der Waals surface area contributed by atoms with Gasteiger partial charge in [0.2, 0.25) is 5.91 Å². The van der Waals surface area contributed by atoms with E-state index in [1.807, 2.05) is 18.2 Å². The number of rotatable bonds is 4. The maximum atomic E-state index is 14.7. The Hall–Kier alpha value is -3.00. The van der Waals surface area contributed by atoms with Crippen LogP contribution in [0.1, 0.15) is 41.6 Å². The number of carbonyl (C=O) groups excluding carboxylic acids is 2. The Bertz CT molecular complexity index is 1010. The molecular weight excluding hydrogens is 421 g/mol. The molecule has 1 saturated carbocycles. The van der Waals surface area contributed by atoms with Gasteiger partial charge < -0.3 is 9.80 Å². The summed E-state index contributed by atoms with van der Waals surface area (Å²) < 4.78 is 14.7. The Kier molecular flexibility index (Phi) is 6.26. The number of benzene rings is 1. The van der Waals surface area contributed by atoms with Crippen LogP contribution in [0.4, 0.5) is 10.2 Å². The molecule has 2 N–H and O–H groups in total. The summed E-state index contributed by atoms with van der Waals surface area (Å²) in [5.41, 5.74) is 7.02. The number of hydrazine groups is 1. The lowest BCUT2D eigenvalue weighted by Crippen LogP contribution is -2.60. The van der Waals surface area contributed by atoms with Gasteiger partial charge in [0.25, 0.3) is 5.91 Å². The van der Waals surface area contributed by atoms with E-state index in [-0.39, 0.29) is 35.3 Å². The maximum absolute atomic E-state index is 14.7. The number of carbonyl (C=O) groups is 2. The zero-order valence-corrected chi connectivity index (χ0v) is 18.7. The standard InChI is InChI=1S/C25H30FN5O2/c26-21-9-8-17(16-22-18-5-1-2-6-19(18)24(32)29-28-22)15-20(21)25(33)31-13-11-30(12-14-31)23-7-3-4-10-27-23/h3-4,7-10,15,18-19,22,28H,1-2,5-6,11-14,16H2,(H,29,32). The van der Waals surface area contributed by atoms with E-state index >= 15 is 0 Å². The summed E-state index contributed by atoms with van der Waals surface area (Å²) in [5.74, 6) is 0.534. The molecule has 2 amide bonds. The minimum atomic E-state index is -0.489. The van der Waals surface area contributed by atoms with Gasteiger partial charge in [-0.3, -0.25) is 15.0 Å².